The van der Waals surface area contributed by atoms with Crippen molar-refractivity contribution in [1.82, 2.24) is 0 Å². The van der Waals surface area contributed by atoms with Gasteiger partial charge >= 0.3 is 5.97 Å². The van der Waals surface area contributed by atoms with Crippen molar-refractivity contribution in [2.75, 3.05) is 0 Å². The molecule has 0 amide bonds. The molecule has 0 radical (unpaired) electrons. The highest BCUT2D eigenvalue weighted by Crippen LogP contribution is 2.23. The molecule has 18 heavy (non-hydrogen) atoms. The minimum absolute atomic E-state index is 0.133. The quantitative estimate of drug-likeness (QED) is 0.508. The van der Waals surface area contributed by atoms with E-state index >= 15 is 0 Å². The van der Waals surface area contributed by atoms with Gasteiger partial charge < -0.3 is 9.84 Å². The van der Waals surface area contributed by atoms with Gasteiger partial charge in [0.15, 0.2) is 0 Å². The van der Waals surface area contributed by atoms with Crippen molar-refractivity contribution < 1.29 is 14.6 Å². The number of carbonyl (C=O) groups excluding carboxylic acids is 1. The van der Waals surface area contributed by atoms with E-state index in [0.717, 1.165) is 0 Å². The second-order valence-electron chi connectivity index (χ2n) is 3.70. The Morgan fingerprint density at radius 2 is 1.61 bits per heavy atom. The molecule has 3 heteroatoms. The normalized spacial score (nSPS) is 9.78. The molecular formula is C15H12O3. The van der Waals surface area contributed by atoms with E-state index < -0.39 is 5.97 Å². The summed E-state index contributed by atoms with van der Waals surface area (Å²) in [5.74, 6) is -0.311. The molecule has 0 fully saturated rings. The maximum atomic E-state index is 11.9. The van der Waals surface area contributed by atoms with Crippen molar-refractivity contribution in [2.45, 2.75) is 0 Å². The Bertz CT molecular complexity index is 573. The van der Waals surface area contributed by atoms with E-state index in [4.69, 9.17) is 4.74 Å². The lowest BCUT2D eigenvalue weighted by molar-refractivity contribution is 0.0734. The number of hydrogen-bond donors (Lipinski definition) is 1. The first-order valence-corrected chi connectivity index (χ1v) is 5.43. The lowest BCUT2D eigenvalue weighted by Crippen LogP contribution is -2.09. The van der Waals surface area contributed by atoms with E-state index in [1.54, 1.807) is 48.5 Å². The van der Waals surface area contributed by atoms with Crippen molar-refractivity contribution in [1.29, 1.82) is 0 Å². The molecular weight excluding hydrogens is 228 g/mol. The number of para-hydroxylation sites is 1. The minimum Gasteiger partial charge on any atom is -0.508 e. The standard InChI is InChI=1S/C15H12O3/c1-11(16)13-9-5-6-10-14(13)18-15(17)12-7-3-2-4-8-12/h2-10,16H,1H2. The van der Waals surface area contributed by atoms with Crippen LogP contribution in [0.4, 0.5) is 0 Å². The van der Waals surface area contributed by atoms with Crippen molar-refractivity contribution >= 4 is 11.7 Å². The third-order valence-electron chi connectivity index (χ3n) is 2.41. The first-order valence-electron chi connectivity index (χ1n) is 5.43. The van der Waals surface area contributed by atoms with E-state index in [0.29, 0.717) is 16.9 Å². The Hall–Kier alpha value is -2.55. The summed E-state index contributed by atoms with van der Waals surface area (Å²) in [7, 11) is 0. The van der Waals surface area contributed by atoms with Crippen LogP contribution in [0.2, 0.25) is 0 Å². The van der Waals surface area contributed by atoms with E-state index in [2.05, 4.69) is 6.58 Å². The lowest BCUT2D eigenvalue weighted by atomic mass is 10.1. The van der Waals surface area contributed by atoms with Gasteiger partial charge in [0, 0.05) is 0 Å². The highest BCUT2D eigenvalue weighted by molar-refractivity contribution is 5.91. The zero-order valence-electron chi connectivity index (χ0n) is 9.67. The molecule has 2 aromatic rings. The molecule has 0 saturated carbocycles. The number of hydrogen-bond acceptors (Lipinski definition) is 3. The van der Waals surface area contributed by atoms with Gasteiger partial charge in [-0.2, -0.15) is 0 Å². The summed E-state index contributed by atoms with van der Waals surface area (Å²) in [5, 5.41) is 9.40. The highest BCUT2D eigenvalue weighted by Gasteiger charge is 2.11. The predicted octanol–water partition coefficient (Wildman–Crippen LogP) is 3.43. The number of aliphatic hydroxyl groups excluding tert-OH is 1. The molecule has 0 bridgehead atoms. The van der Waals surface area contributed by atoms with E-state index in [-0.39, 0.29) is 5.76 Å². The van der Waals surface area contributed by atoms with Crippen LogP contribution >= 0.6 is 0 Å². The fourth-order valence-electron chi connectivity index (χ4n) is 1.53. The van der Waals surface area contributed by atoms with Crippen LogP contribution in [0.15, 0.2) is 61.2 Å². The first kappa shape index (κ1) is 11.9. The van der Waals surface area contributed by atoms with Gasteiger partial charge in [0.25, 0.3) is 0 Å². The lowest BCUT2D eigenvalue weighted by Gasteiger charge is -2.08. The SMILES string of the molecule is C=C(O)c1ccccc1OC(=O)c1ccccc1. The van der Waals surface area contributed by atoms with Crippen molar-refractivity contribution in [2.24, 2.45) is 0 Å². The fraction of sp³-hybridized carbons (Fsp3) is 0. The average Bonchev–Trinajstić information content (AvgIpc) is 2.40. The average molecular weight is 240 g/mol. The van der Waals surface area contributed by atoms with Gasteiger partial charge in [-0.3, -0.25) is 0 Å². The van der Waals surface area contributed by atoms with Crippen LogP contribution in [0.3, 0.4) is 0 Å². The first-order chi connectivity index (χ1) is 8.68. The van der Waals surface area contributed by atoms with Crippen molar-refractivity contribution in [3.8, 4) is 5.75 Å². The third-order valence-corrected chi connectivity index (χ3v) is 2.41. The second-order valence-corrected chi connectivity index (χ2v) is 3.70. The van der Waals surface area contributed by atoms with Crippen LogP contribution in [0, 0.1) is 0 Å². The van der Waals surface area contributed by atoms with E-state index in [9.17, 15) is 9.90 Å². The molecule has 2 rings (SSSR count). The van der Waals surface area contributed by atoms with Gasteiger partial charge in [0.1, 0.15) is 11.5 Å². The summed E-state index contributed by atoms with van der Waals surface area (Å²) in [6.45, 7) is 3.43. The van der Waals surface area contributed by atoms with Crippen LogP contribution in [0.25, 0.3) is 5.76 Å². The van der Waals surface area contributed by atoms with E-state index in [1.165, 1.54) is 0 Å². The van der Waals surface area contributed by atoms with E-state index in [1.807, 2.05) is 6.07 Å². The molecule has 0 heterocycles. The second kappa shape index (κ2) is 5.19. The molecule has 0 aliphatic heterocycles. The van der Waals surface area contributed by atoms with Crippen LogP contribution in [0.1, 0.15) is 15.9 Å². The Morgan fingerprint density at radius 1 is 1.00 bits per heavy atom. The molecule has 0 unspecified atom stereocenters. The van der Waals surface area contributed by atoms with Gasteiger partial charge in [-0.05, 0) is 24.3 Å². The number of esters is 1. The van der Waals surface area contributed by atoms with Crippen molar-refractivity contribution in [3.63, 3.8) is 0 Å². The number of benzene rings is 2. The minimum atomic E-state index is -0.468. The molecule has 2 aromatic carbocycles. The van der Waals surface area contributed by atoms with Gasteiger partial charge in [-0.25, -0.2) is 4.79 Å². The Labute approximate surface area is 105 Å². The molecule has 0 aliphatic rings. The van der Waals surface area contributed by atoms with Crippen LogP contribution in [-0.2, 0) is 0 Å². The van der Waals surface area contributed by atoms with Gasteiger partial charge in [-0.15, -0.1) is 0 Å². The molecule has 0 spiro atoms. The highest BCUT2D eigenvalue weighted by atomic mass is 16.5. The van der Waals surface area contributed by atoms with Crippen molar-refractivity contribution in [3.05, 3.63) is 72.3 Å². The molecule has 0 aromatic heterocycles. The molecule has 0 aliphatic carbocycles. The summed E-state index contributed by atoms with van der Waals surface area (Å²) in [6, 6.07) is 15.4. The molecule has 0 saturated heterocycles. The smallest absolute Gasteiger partial charge is 0.343 e. The summed E-state index contributed by atoms with van der Waals surface area (Å²) in [4.78, 5) is 11.9. The zero-order chi connectivity index (χ0) is 13.0. The number of aliphatic hydroxyl groups is 1. The molecule has 90 valence electrons. The Morgan fingerprint density at radius 3 is 2.28 bits per heavy atom. The predicted molar refractivity (Wildman–Crippen MR) is 69.5 cm³/mol. The van der Waals surface area contributed by atoms with Crippen LogP contribution < -0.4 is 4.74 Å². The largest absolute Gasteiger partial charge is 0.508 e. The number of ether oxygens (including phenoxy) is 1. The fourth-order valence-corrected chi connectivity index (χ4v) is 1.53. The Balaban J connectivity index is 2.25. The van der Waals surface area contributed by atoms with Gasteiger partial charge in [0.05, 0.1) is 11.1 Å². The summed E-state index contributed by atoms with van der Waals surface area (Å²) < 4.78 is 5.23. The number of carbonyl (C=O) groups is 1. The van der Waals surface area contributed by atoms with Crippen LogP contribution in [0.5, 0.6) is 5.75 Å². The Kier molecular flexibility index (Phi) is 3.44. The van der Waals surface area contributed by atoms with Crippen LogP contribution in [-0.4, -0.2) is 11.1 Å². The summed E-state index contributed by atoms with van der Waals surface area (Å²) in [5.41, 5.74) is 0.859. The number of rotatable bonds is 3. The van der Waals surface area contributed by atoms with Gasteiger partial charge in [0.2, 0.25) is 0 Å². The molecule has 0 atom stereocenters. The maximum Gasteiger partial charge on any atom is 0.343 e. The topological polar surface area (TPSA) is 46.5 Å². The molecule has 3 nitrogen and oxygen atoms in total. The van der Waals surface area contributed by atoms with Gasteiger partial charge in [-0.1, -0.05) is 36.9 Å². The summed E-state index contributed by atoms with van der Waals surface area (Å²) in [6.07, 6.45) is 0. The zero-order valence-corrected chi connectivity index (χ0v) is 9.67. The third kappa shape index (κ3) is 2.58. The summed E-state index contributed by atoms with van der Waals surface area (Å²) >= 11 is 0. The monoisotopic (exact) mass is 240 g/mol. The maximum absolute atomic E-state index is 11.9. The molecule has 1 N–H and O–H groups in total.